The van der Waals surface area contributed by atoms with E-state index >= 15 is 0 Å². The molecule has 3 nitrogen and oxygen atoms in total. The molecular weight excluding hydrogens is 316 g/mol. The average molecular weight is 331 g/mol. The third-order valence-corrected chi connectivity index (χ3v) is 4.54. The van der Waals surface area contributed by atoms with Crippen LogP contribution in [0.1, 0.15) is 13.3 Å². The second-order valence-corrected chi connectivity index (χ2v) is 5.54. The first kappa shape index (κ1) is 15.2. The summed E-state index contributed by atoms with van der Waals surface area (Å²) in [6.45, 7) is 1.81. The van der Waals surface area contributed by atoms with Gasteiger partial charge < -0.3 is 4.74 Å². The fourth-order valence-electron chi connectivity index (χ4n) is 1.48. The molecule has 1 aromatic carbocycles. The Morgan fingerprint density at radius 3 is 2.61 bits per heavy atom. The van der Waals surface area contributed by atoms with Crippen molar-refractivity contribution in [2.45, 2.75) is 18.2 Å². The van der Waals surface area contributed by atoms with Crippen molar-refractivity contribution in [1.29, 1.82) is 0 Å². The van der Waals surface area contributed by atoms with Crippen LogP contribution in [0.15, 0.2) is 33.6 Å². The number of esters is 1. The summed E-state index contributed by atoms with van der Waals surface area (Å²) in [6, 6.07) is 7.68. The minimum absolute atomic E-state index is 0.0925. The number of rotatable bonds is 6. The van der Waals surface area contributed by atoms with Crippen molar-refractivity contribution in [3.8, 4) is 0 Å². The summed E-state index contributed by atoms with van der Waals surface area (Å²) in [6.07, 6.45) is 0.474. The molecule has 1 unspecified atom stereocenters. The highest BCUT2D eigenvalue weighted by Crippen LogP contribution is 2.27. The zero-order valence-corrected chi connectivity index (χ0v) is 12.7. The lowest BCUT2D eigenvalue weighted by atomic mass is 10.0. The largest absolute Gasteiger partial charge is 0.468 e. The van der Waals surface area contributed by atoms with E-state index in [0.29, 0.717) is 6.42 Å². The van der Waals surface area contributed by atoms with Crippen LogP contribution >= 0.6 is 27.7 Å². The standard InChI is InChI=1S/C13H15BrO3S/c1-3-9(13(16)17-2)11(15)8-18-12-7-5-4-6-10(12)14/h4-7,9H,3,8H2,1-2H3. The van der Waals surface area contributed by atoms with Crippen LogP contribution in [0.5, 0.6) is 0 Å². The number of Topliss-reactive ketones (excluding diaryl/α,β-unsaturated/α-hetero) is 1. The summed E-state index contributed by atoms with van der Waals surface area (Å²) < 4.78 is 5.57. The summed E-state index contributed by atoms with van der Waals surface area (Å²) in [5.74, 6) is -0.915. The molecule has 5 heteroatoms. The van der Waals surface area contributed by atoms with Crippen molar-refractivity contribution in [1.82, 2.24) is 0 Å². The van der Waals surface area contributed by atoms with Gasteiger partial charge in [0.2, 0.25) is 0 Å². The Balaban J connectivity index is 2.60. The summed E-state index contributed by atoms with van der Waals surface area (Å²) in [4.78, 5) is 24.3. The number of hydrogen-bond acceptors (Lipinski definition) is 4. The number of ether oxygens (including phenoxy) is 1. The van der Waals surface area contributed by atoms with E-state index in [-0.39, 0.29) is 11.5 Å². The molecule has 0 radical (unpaired) electrons. The van der Waals surface area contributed by atoms with Crippen LogP contribution in [0.2, 0.25) is 0 Å². The van der Waals surface area contributed by atoms with E-state index in [1.54, 1.807) is 0 Å². The first-order valence-electron chi connectivity index (χ1n) is 5.58. The van der Waals surface area contributed by atoms with Crippen LogP contribution in [-0.4, -0.2) is 24.6 Å². The molecule has 0 fully saturated rings. The molecule has 0 aromatic heterocycles. The fraction of sp³-hybridized carbons (Fsp3) is 0.385. The van der Waals surface area contributed by atoms with Crippen LogP contribution in [0.25, 0.3) is 0 Å². The second kappa shape index (κ2) is 7.59. The predicted molar refractivity (Wildman–Crippen MR) is 75.7 cm³/mol. The van der Waals surface area contributed by atoms with Crippen molar-refractivity contribution in [3.63, 3.8) is 0 Å². The van der Waals surface area contributed by atoms with E-state index in [2.05, 4.69) is 20.7 Å². The quantitative estimate of drug-likeness (QED) is 0.456. The van der Waals surface area contributed by atoms with E-state index in [9.17, 15) is 9.59 Å². The van der Waals surface area contributed by atoms with Gasteiger partial charge in [0, 0.05) is 9.37 Å². The van der Waals surface area contributed by atoms with Gasteiger partial charge in [-0.15, -0.1) is 11.8 Å². The first-order chi connectivity index (χ1) is 8.60. The van der Waals surface area contributed by atoms with E-state index in [4.69, 9.17) is 0 Å². The molecule has 0 heterocycles. The maximum atomic E-state index is 11.9. The highest BCUT2D eigenvalue weighted by atomic mass is 79.9. The molecule has 0 amide bonds. The van der Waals surface area contributed by atoms with Crippen molar-refractivity contribution in [2.24, 2.45) is 5.92 Å². The van der Waals surface area contributed by atoms with Crippen LogP contribution in [0, 0.1) is 5.92 Å². The first-order valence-corrected chi connectivity index (χ1v) is 7.35. The molecule has 0 saturated carbocycles. The van der Waals surface area contributed by atoms with Gasteiger partial charge in [-0.1, -0.05) is 19.1 Å². The van der Waals surface area contributed by atoms with Gasteiger partial charge in [-0.25, -0.2) is 0 Å². The lowest BCUT2D eigenvalue weighted by Gasteiger charge is -2.11. The lowest BCUT2D eigenvalue weighted by Crippen LogP contribution is -2.26. The van der Waals surface area contributed by atoms with Crippen molar-refractivity contribution >= 4 is 39.4 Å². The monoisotopic (exact) mass is 330 g/mol. The number of halogens is 1. The van der Waals surface area contributed by atoms with Gasteiger partial charge in [-0.05, 0) is 34.5 Å². The van der Waals surface area contributed by atoms with Gasteiger partial charge >= 0.3 is 5.97 Å². The van der Waals surface area contributed by atoms with E-state index in [1.165, 1.54) is 18.9 Å². The van der Waals surface area contributed by atoms with Gasteiger partial charge in [-0.2, -0.15) is 0 Å². The molecule has 1 aromatic rings. The van der Waals surface area contributed by atoms with E-state index in [0.717, 1.165) is 9.37 Å². The SMILES string of the molecule is CCC(C(=O)CSc1ccccc1Br)C(=O)OC. The number of carbonyl (C=O) groups excluding carboxylic acids is 2. The van der Waals surface area contributed by atoms with Crippen LogP contribution in [0.3, 0.4) is 0 Å². The van der Waals surface area contributed by atoms with Crippen LogP contribution in [0.4, 0.5) is 0 Å². The fourth-order valence-corrected chi connectivity index (χ4v) is 2.99. The third-order valence-electron chi connectivity index (χ3n) is 2.49. The zero-order chi connectivity index (χ0) is 13.5. The maximum Gasteiger partial charge on any atom is 0.316 e. The summed E-state index contributed by atoms with van der Waals surface area (Å²) in [5, 5.41) is 0. The third kappa shape index (κ3) is 4.14. The molecule has 1 atom stereocenters. The average Bonchev–Trinajstić information content (AvgIpc) is 2.38. The Morgan fingerprint density at radius 2 is 2.06 bits per heavy atom. The minimum Gasteiger partial charge on any atom is -0.468 e. The van der Waals surface area contributed by atoms with Crippen molar-refractivity contribution in [2.75, 3.05) is 12.9 Å². The number of hydrogen-bond donors (Lipinski definition) is 0. The number of thioether (sulfide) groups is 1. The Kier molecular flexibility index (Phi) is 6.43. The molecule has 0 aliphatic carbocycles. The minimum atomic E-state index is -0.648. The number of ketones is 1. The van der Waals surface area contributed by atoms with E-state index in [1.807, 2.05) is 31.2 Å². The Bertz CT molecular complexity index is 434. The van der Waals surface area contributed by atoms with Gasteiger partial charge in [-0.3, -0.25) is 9.59 Å². The van der Waals surface area contributed by atoms with Crippen LogP contribution < -0.4 is 0 Å². The molecule has 0 aliphatic rings. The maximum absolute atomic E-state index is 11.9. The molecule has 98 valence electrons. The summed E-state index contributed by atoms with van der Waals surface area (Å²) in [5.41, 5.74) is 0. The van der Waals surface area contributed by atoms with Gasteiger partial charge in [0.25, 0.3) is 0 Å². The topological polar surface area (TPSA) is 43.4 Å². The highest BCUT2D eigenvalue weighted by molar-refractivity contribution is 9.10. The normalized spacial score (nSPS) is 11.9. The Morgan fingerprint density at radius 1 is 1.39 bits per heavy atom. The highest BCUT2D eigenvalue weighted by Gasteiger charge is 2.25. The van der Waals surface area contributed by atoms with Crippen LogP contribution in [-0.2, 0) is 14.3 Å². The zero-order valence-electron chi connectivity index (χ0n) is 10.3. The van der Waals surface area contributed by atoms with Crippen molar-refractivity contribution < 1.29 is 14.3 Å². The molecule has 0 N–H and O–H groups in total. The molecule has 0 bridgehead atoms. The number of methoxy groups -OCH3 is 1. The molecule has 18 heavy (non-hydrogen) atoms. The van der Waals surface area contributed by atoms with E-state index < -0.39 is 11.9 Å². The molecular formula is C13H15BrO3S. The van der Waals surface area contributed by atoms with Gasteiger partial charge in [0.1, 0.15) is 5.92 Å². The summed E-state index contributed by atoms with van der Waals surface area (Å²) >= 11 is 4.84. The predicted octanol–water partition coefficient (Wildman–Crippen LogP) is 3.31. The molecule has 0 spiro atoms. The number of benzene rings is 1. The van der Waals surface area contributed by atoms with Gasteiger partial charge in [0.15, 0.2) is 5.78 Å². The molecule has 0 aliphatic heterocycles. The Hall–Kier alpha value is -0.810. The smallest absolute Gasteiger partial charge is 0.316 e. The summed E-state index contributed by atoms with van der Waals surface area (Å²) in [7, 11) is 1.30. The molecule has 1 rings (SSSR count). The second-order valence-electron chi connectivity index (χ2n) is 3.67. The molecule has 0 saturated heterocycles. The lowest BCUT2D eigenvalue weighted by molar-refractivity contribution is -0.148. The Labute approximate surface area is 119 Å². The van der Waals surface area contributed by atoms with Gasteiger partial charge in [0.05, 0.1) is 12.9 Å². The van der Waals surface area contributed by atoms with Crippen molar-refractivity contribution in [3.05, 3.63) is 28.7 Å². The number of carbonyl (C=O) groups is 2.